The van der Waals surface area contributed by atoms with Crippen LogP contribution >= 0.6 is 11.6 Å². The first kappa shape index (κ1) is 23.0. The van der Waals surface area contributed by atoms with Crippen molar-refractivity contribution in [3.05, 3.63) is 97.3 Å². The third-order valence-electron chi connectivity index (χ3n) is 5.06. The monoisotopic (exact) mass is 456 g/mol. The molecule has 1 aliphatic heterocycles. The SMILES string of the molecule is COC(=O)C1=C(C)NC(C)=C(C(=O)OCc2cccc(Cl)c2)C1c1cccc([N+](=O)[O-])c1. The largest absolute Gasteiger partial charge is 0.466 e. The number of allylic oxidation sites excluding steroid dienone is 2. The van der Waals surface area contributed by atoms with Crippen LogP contribution in [0.25, 0.3) is 0 Å². The van der Waals surface area contributed by atoms with Crippen LogP contribution in [-0.4, -0.2) is 24.0 Å². The van der Waals surface area contributed by atoms with Gasteiger partial charge in [0, 0.05) is 28.5 Å². The van der Waals surface area contributed by atoms with E-state index in [9.17, 15) is 19.7 Å². The van der Waals surface area contributed by atoms with Crippen LogP contribution in [0.1, 0.15) is 30.9 Å². The van der Waals surface area contributed by atoms with Crippen molar-refractivity contribution < 1.29 is 24.0 Å². The molecule has 32 heavy (non-hydrogen) atoms. The number of nitrogens with one attached hydrogen (secondary N) is 1. The molecule has 0 saturated heterocycles. The smallest absolute Gasteiger partial charge is 0.337 e. The van der Waals surface area contributed by atoms with Crippen LogP contribution in [0.4, 0.5) is 5.69 Å². The Labute approximate surface area is 189 Å². The Balaban J connectivity index is 2.04. The van der Waals surface area contributed by atoms with Gasteiger partial charge in [-0.25, -0.2) is 9.59 Å². The highest BCUT2D eigenvalue weighted by Gasteiger charge is 2.38. The Morgan fingerprint density at radius 2 is 1.72 bits per heavy atom. The quantitative estimate of drug-likeness (QED) is 0.390. The Morgan fingerprint density at radius 3 is 2.34 bits per heavy atom. The maximum Gasteiger partial charge on any atom is 0.337 e. The van der Waals surface area contributed by atoms with Gasteiger partial charge in [-0.05, 0) is 37.1 Å². The second-order valence-electron chi connectivity index (χ2n) is 7.19. The summed E-state index contributed by atoms with van der Waals surface area (Å²) in [5, 5.41) is 14.8. The molecule has 0 aliphatic carbocycles. The molecule has 166 valence electrons. The van der Waals surface area contributed by atoms with Gasteiger partial charge in [0.2, 0.25) is 0 Å². The zero-order valence-electron chi connectivity index (χ0n) is 17.7. The molecule has 1 heterocycles. The molecular formula is C23H21ClN2O6. The van der Waals surface area contributed by atoms with Crippen molar-refractivity contribution in [1.29, 1.82) is 0 Å². The van der Waals surface area contributed by atoms with E-state index < -0.39 is 22.8 Å². The van der Waals surface area contributed by atoms with Gasteiger partial charge >= 0.3 is 11.9 Å². The number of rotatable bonds is 6. The summed E-state index contributed by atoms with van der Waals surface area (Å²) < 4.78 is 10.5. The number of nitro groups is 1. The summed E-state index contributed by atoms with van der Waals surface area (Å²) in [7, 11) is 1.23. The molecule has 0 amide bonds. The van der Waals surface area contributed by atoms with Crippen molar-refractivity contribution >= 4 is 29.2 Å². The van der Waals surface area contributed by atoms with Crippen LogP contribution in [0.15, 0.2) is 71.1 Å². The average molecular weight is 457 g/mol. The Hall–Kier alpha value is -3.65. The number of hydrogen-bond donors (Lipinski definition) is 1. The van der Waals surface area contributed by atoms with E-state index in [1.54, 1.807) is 44.2 Å². The summed E-state index contributed by atoms with van der Waals surface area (Å²) in [5.74, 6) is -2.23. The Kier molecular flexibility index (Phi) is 6.95. The van der Waals surface area contributed by atoms with Crippen LogP contribution in [0.3, 0.4) is 0 Å². The standard InChI is InChI=1S/C23H21ClN2O6/c1-13-19(22(27)31-3)21(16-7-5-9-18(11-16)26(29)30)20(14(2)25-13)23(28)32-12-15-6-4-8-17(24)10-15/h4-11,21,25H,12H2,1-3H3. The van der Waals surface area contributed by atoms with Crippen molar-refractivity contribution in [3.63, 3.8) is 0 Å². The fourth-order valence-electron chi connectivity index (χ4n) is 3.65. The topological polar surface area (TPSA) is 108 Å². The fraction of sp³-hybridized carbons (Fsp3) is 0.217. The van der Waals surface area contributed by atoms with E-state index >= 15 is 0 Å². The zero-order chi connectivity index (χ0) is 23.4. The minimum atomic E-state index is -0.907. The van der Waals surface area contributed by atoms with Gasteiger partial charge in [-0.15, -0.1) is 0 Å². The number of carbonyl (C=O) groups excluding carboxylic acids is 2. The van der Waals surface area contributed by atoms with Crippen molar-refractivity contribution in [2.75, 3.05) is 7.11 Å². The van der Waals surface area contributed by atoms with Crippen molar-refractivity contribution in [2.45, 2.75) is 26.4 Å². The molecule has 8 nitrogen and oxygen atoms in total. The van der Waals surface area contributed by atoms with Crippen LogP contribution in [0.2, 0.25) is 5.02 Å². The molecule has 2 aromatic carbocycles. The highest BCUT2D eigenvalue weighted by Crippen LogP contribution is 2.40. The Bertz CT molecular complexity index is 1150. The first-order chi connectivity index (χ1) is 15.2. The van der Waals surface area contributed by atoms with Gasteiger partial charge in [0.15, 0.2) is 0 Å². The first-order valence-corrected chi connectivity index (χ1v) is 10.0. The molecule has 1 unspecified atom stereocenters. The molecule has 1 atom stereocenters. The first-order valence-electron chi connectivity index (χ1n) is 9.65. The minimum absolute atomic E-state index is 0.0336. The molecule has 0 saturated carbocycles. The highest BCUT2D eigenvalue weighted by atomic mass is 35.5. The maximum absolute atomic E-state index is 13.2. The number of nitro benzene ring substituents is 1. The third-order valence-corrected chi connectivity index (χ3v) is 5.29. The number of ether oxygens (including phenoxy) is 2. The second-order valence-corrected chi connectivity index (χ2v) is 7.62. The third kappa shape index (κ3) is 4.81. The van der Waals surface area contributed by atoms with Crippen LogP contribution in [0, 0.1) is 10.1 Å². The number of methoxy groups -OCH3 is 1. The number of halogens is 1. The molecule has 0 aromatic heterocycles. The number of hydrogen-bond acceptors (Lipinski definition) is 7. The zero-order valence-corrected chi connectivity index (χ0v) is 18.4. The number of benzene rings is 2. The molecule has 3 rings (SSSR count). The highest BCUT2D eigenvalue weighted by molar-refractivity contribution is 6.30. The van der Waals surface area contributed by atoms with Crippen molar-refractivity contribution in [2.24, 2.45) is 0 Å². The second kappa shape index (κ2) is 9.65. The van der Waals surface area contributed by atoms with E-state index in [1.807, 2.05) is 0 Å². The summed E-state index contributed by atoms with van der Waals surface area (Å²) in [6.45, 7) is 3.32. The van der Waals surface area contributed by atoms with E-state index in [-0.39, 0.29) is 23.4 Å². The molecule has 0 spiro atoms. The Morgan fingerprint density at radius 1 is 1.06 bits per heavy atom. The fourth-order valence-corrected chi connectivity index (χ4v) is 3.86. The predicted molar refractivity (Wildman–Crippen MR) is 118 cm³/mol. The normalized spacial score (nSPS) is 15.8. The van der Waals surface area contributed by atoms with Gasteiger partial charge in [0.1, 0.15) is 6.61 Å². The van der Waals surface area contributed by atoms with Gasteiger partial charge in [0.25, 0.3) is 5.69 Å². The van der Waals surface area contributed by atoms with E-state index in [1.165, 1.54) is 25.3 Å². The van der Waals surface area contributed by atoms with Crippen molar-refractivity contribution in [3.8, 4) is 0 Å². The summed E-state index contributed by atoms with van der Waals surface area (Å²) in [6, 6.07) is 12.7. The lowest BCUT2D eigenvalue weighted by molar-refractivity contribution is -0.384. The lowest BCUT2D eigenvalue weighted by Gasteiger charge is -2.30. The summed E-state index contributed by atoms with van der Waals surface area (Å²) in [5.41, 5.74) is 2.23. The van der Waals surface area contributed by atoms with Gasteiger partial charge in [-0.1, -0.05) is 35.9 Å². The van der Waals surface area contributed by atoms with Gasteiger partial charge in [-0.2, -0.15) is 0 Å². The van der Waals surface area contributed by atoms with Gasteiger partial charge in [-0.3, -0.25) is 10.1 Å². The lowest BCUT2D eigenvalue weighted by Crippen LogP contribution is -2.32. The van der Waals surface area contributed by atoms with Crippen LogP contribution in [0.5, 0.6) is 0 Å². The number of non-ortho nitro benzene ring substituents is 1. The van der Waals surface area contributed by atoms with Gasteiger partial charge < -0.3 is 14.8 Å². The number of carbonyl (C=O) groups is 2. The molecule has 0 radical (unpaired) electrons. The summed E-state index contributed by atoms with van der Waals surface area (Å²) in [6.07, 6.45) is 0. The molecule has 1 N–H and O–H groups in total. The summed E-state index contributed by atoms with van der Waals surface area (Å²) >= 11 is 5.99. The molecular weight excluding hydrogens is 436 g/mol. The van der Waals surface area contributed by atoms with E-state index in [2.05, 4.69) is 5.32 Å². The van der Waals surface area contributed by atoms with Gasteiger partial charge in [0.05, 0.1) is 29.1 Å². The molecule has 9 heteroatoms. The minimum Gasteiger partial charge on any atom is -0.466 e. The average Bonchev–Trinajstić information content (AvgIpc) is 2.76. The molecule has 0 fully saturated rings. The van der Waals surface area contributed by atoms with E-state index in [4.69, 9.17) is 21.1 Å². The van der Waals surface area contributed by atoms with Crippen LogP contribution < -0.4 is 5.32 Å². The molecule has 2 aromatic rings. The van der Waals surface area contributed by atoms with E-state index in [0.717, 1.165) is 0 Å². The lowest BCUT2D eigenvalue weighted by atomic mass is 9.80. The van der Waals surface area contributed by atoms with Crippen molar-refractivity contribution in [1.82, 2.24) is 5.32 Å². The molecule has 0 bridgehead atoms. The maximum atomic E-state index is 13.2. The molecule has 1 aliphatic rings. The van der Waals surface area contributed by atoms with E-state index in [0.29, 0.717) is 27.5 Å². The number of nitrogens with zero attached hydrogens (tertiary/aromatic N) is 1. The number of dihydropyridines is 1. The van der Waals surface area contributed by atoms with Crippen LogP contribution in [-0.2, 0) is 25.7 Å². The number of esters is 2. The summed E-state index contributed by atoms with van der Waals surface area (Å²) in [4.78, 5) is 36.6. The predicted octanol–water partition coefficient (Wildman–Crippen LogP) is 4.40.